The summed E-state index contributed by atoms with van der Waals surface area (Å²) >= 11 is 0. The number of amides is 1. The number of anilines is 2. The molecule has 6 rings (SSSR count). The van der Waals surface area contributed by atoms with Gasteiger partial charge in [0.05, 0.1) is 47.6 Å². The first-order valence-corrected chi connectivity index (χ1v) is 15.5. The minimum Gasteiger partial charge on any atom is -0.379 e. The van der Waals surface area contributed by atoms with Crippen molar-refractivity contribution in [2.24, 2.45) is 0 Å². The number of morpholine rings is 2. The van der Waals surface area contributed by atoms with E-state index in [4.69, 9.17) is 9.47 Å². The van der Waals surface area contributed by atoms with Crippen LogP contribution < -0.4 is 9.80 Å². The fraction of sp³-hybridized carbons (Fsp3) is 0.367. The standard InChI is InChI=1S/C30H33N5O7S/c1-20-16-22(21(2)34(20)23-4-6-28(29(18-23)35(37)38)32-8-12-41-13-9-32)17-26-25-19-24(5-7-27(25)31(3)30(26)36)43(39,40)33-10-14-42-15-11-33/h4-7,16-19H,8-15H2,1-3H3. The number of hydrogen-bond donors (Lipinski definition) is 0. The molecule has 0 aliphatic carbocycles. The van der Waals surface area contributed by atoms with Gasteiger partial charge in [-0.15, -0.1) is 0 Å². The molecule has 3 aromatic rings. The molecule has 3 aliphatic heterocycles. The predicted molar refractivity (Wildman–Crippen MR) is 162 cm³/mol. The van der Waals surface area contributed by atoms with E-state index >= 15 is 0 Å². The molecule has 0 unspecified atom stereocenters. The van der Waals surface area contributed by atoms with Crippen molar-refractivity contribution < 1.29 is 27.6 Å². The quantitative estimate of drug-likeness (QED) is 0.237. The zero-order chi connectivity index (χ0) is 30.5. The zero-order valence-electron chi connectivity index (χ0n) is 24.3. The fourth-order valence-electron chi connectivity index (χ4n) is 6.02. The van der Waals surface area contributed by atoms with Crippen molar-refractivity contribution in [2.45, 2.75) is 18.7 Å². The molecule has 226 valence electrons. The fourth-order valence-corrected chi connectivity index (χ4v) is 7.45. The van der Waals surface area contributed by atoms with E-state index in [1.165, 1.54) is 15.3 Å². The van der Waals surface area contributed by atoms with Gasteiger partial charge in [-0.3, -0.25) is 14.9 Å². The Labute approximate surface area is 249 Å². The molecule has 1 aromatic heterocycles. The molecule has 0 atom stereocenters. The molecule has 0 spiro atoms. The maximum atomic E-state index is 13.4. The summed E-state index contributed by atoms with van der Waals surface area (Å²) in [5, 5.41) is 12.1. The van der Waals surface area contributed by atoms with Crippen molar-refractivity contribution in [1.82, 2.24) is 8.87 Å². The van der Waals surface area contributed by atoms with Gasteiger partial charge < -0.3 is 23.8 Å². The van der Waals surface area contributed by atoms with E-state index in [0.717, 1.165) is 17.0 Å². The minimum absolute atomic E-state index is 0.0161. The predicted octanol–water partition coefficient (Wildman–Crippen LogP) is 3.38. The highest BCUT2D eigenvalue weighted by Crippen LogP contribution is 2.40. The number of carbonyl (C=O) groups is 1. The molecule has 0 N–H and O–H groups in total. The second-order valence-electron chi connectivity index (χ2n) is 10.8. The highest BCUT2D eigenvalue weighted by atomic mass is 32.2. The summed E-state index contributed by atoms with van der Waals surface area (Å²) in [6, 6.07) is 11.9. The first kappa shape index (κ1) is 29.1. The number of benzene rings is 2. The summed E-state index contributed by atoms with van der Waals surface area (Å²) in [5.41, 5.74) is 5.13. The van der Waals surface area contributed by atoms with Gasteiger partial charge in [-0.25, -0.2) is 8.42 Å². The van der Waals surface area contributed by atoms with Gasteiger partial charge in [-0.2, -0.15) is 4.31 Å². The Balaban J connectivity index is 1.39. The second-order valence-corrected chi connectivity index (χ2v) is 12.7. The Bertz CT molecular complexity index is 1750. The number of rotatable bonds is 6. The lowest BCUT2D eigenvalue weighted by atomic mass is 10.0. The SMILES string of the molecule is Cc1cc(C=C2C(=O)N(C)c3ccc(S(=O)(=O)N4CCOCC4)cc32)c(C)n1-c1ccc(N2CCOCC2)c([N+](=O)[O-])c1. The lowest BCUT2D eigenvalue weighted by Gasteiger charge is -2.28. The summed E-state index contributed by atoms with van der Waals surface area (Å²) < 4.78 is 40.8. The topological polar surface area (TPSA) is 127 Å². The van der Waals surface area contributed by atoms with Gasteiger partial charge in [0, 0.05) is 61.8 Å². The number of aromatic nitrogens is 1. The van der Waals surface area contributed by atoms with E-state index in [2.05, 4.69) is 0 Å². The van der Waals surface area contributed by atoms with Crippen molar-refractivity contribution in [3.8, 4) is 5.69 Å². The molecule has 2 saturated heterocycles. The molecule has 12 nitrogen and oxygen atoms in total. The summed E-state index contributed by atoms with van der Waals surface area (Å²) in [5.74, 6) is -0.244. The van der Waals surface area contributed by atoms with E-state index in [9.17, 15) is 23.3 Å². The maximum Gasteiger partial charge on any atom is 0.294 e. The summed E-state index contributed by atoms with van der Waals surface area (Å²) in [4.78, 5) is 28.7. The van der Waals surface area contributed by atoms with Crippen LogP contribution in [0.1, 0.15) is 22.5 Å². The summed E-state index contributed by atoms with van der Waals surface area (Å²) in [7, 11) is -2.09. The number of ether oxygens (including phenoxy) is 2. The van der Waals surface area contributed by atoms with Crippen LogP contribution in [0.3, 0.4) is 0 Å². The molecule has 0 bridgehead atoms. The number of nitrogens with zero attached hydrogens (tertiary/aromatic N) is 5. The monoisotopic (exact) mass is 607 g/mol. The van der Waals surface area contributed by atoms with Gasteiger partial charge in [0.25, 0.3) is 11.6 Å². The molecule has 1 amide bonds. The summed E-state index contributed by atoms with van der Waals surface area (Å²) in [6.07, 6.45) is 1.77. The Morgan fingerprint density at radius 1 is 0.907 bits per heavy atom. The average molecular weight is 608 g/mol. The van der Waals surface area contributed by atoms with Crippen LogP contribution in [0.25, 0.3) is 17.3 Å². The molecular weight excluding hydrogens is 574 g/mol. The van der Waals surface area contributed by atoms with Gasteiger partial charge in [-0.05, 0) is 61.9 Å². The number of carbonyl (C=O) groups excluding carboxylic acids is 1. The van der Waals surface area contributed by atoms with E-state index in [0.29, 0.717) is 67.7 Å². The lowest BCUT2D eigenvalue weighted by molar-refractivity contribution is -0.384. The Morgan fingerprint density at radius 3 is 2.23 bits per heavy atom. The van der Waals surface area contributed by atoms with Gasteiger partial charge in [0.2, 0.25) is 10.0 Å². The van der Waals surface area contributed by atoms with E-state index in [1.54, 1.807) is 37.4 Å². The van der Waals surface area contributed by atoms with Crippen molar-refractivity contribution in [3.05, 3.63) is 75.1 Å². The maximum absolute atomic E-state index is 13.4. The third kappa shape index (κ3) is 5.12. The van der Waals surface area contributed by atoms with Crippen LogP contribution in [0.2, 0.25) is 0 Å². The molecule has 4 heterocycles. The number of hydrogen-bond acceptors (Lipinski definition) is 8. The van der Waals surface area contributed by atoms with Crippen LogP contribution in [0.15, 0.2) is 47.4 Å². The molecule has 2 fully saturated rings. The van der Waals surface area contributed by atoms with Gasteiger partial charge >= 0.3 is 0 Å². The van der Waals surface area contributed by atoms with Crippen molar-refractivity contribution in [1.29, 1.82) is 0 Å². The minimum atomic E-state index is -3.76. The van der Waals surface area contributed by atoms with Gasteiger partial charge in [0.15, 0.2) is 0 Å². The third-order valence-electron chi connectivity index (χ3n) is 8.30. The highest BCUT2D eigenvalue weighted by molar-refractivity contribution is 7.89. The molecular formula is C30H33N5O7S. The Hall–Kier alpha value is -4.04. The number of likely N-dealkylation sites (N-methyl/N-ethyl adjacent to an activating group) is 1. The average Bonchev–Trinajstić information content (AvgIpc) is 3.43. The number of nitro benzene ring substituents is 1. The van der Waals surface area contributed by atoms with Gasteiger partial charge in [-0.1, -0.05) is 0 Å². The van der Waals surface area contributed by atoms with Crippen LogP contribution >= 0.6 is 0 Å². The number of sulfonamides is 1. The second kappa shape index (κ2) is 11.2. The lowest BCUT2D eigenvalue weighted by Crippen LogP contribution is -2.40. The highest BCUT2D eigenvalue weighted by Gasteiger charge is 2.34. The van der Waals surface area contributed by atoms with E-state index in [-0.39, 0.29) is 34.5 Å². The Kier molecular flexibility index (Phi) is 7.59. The van der Waals surface area contributed by atoms with Crippen LogP contribution in [-0.4, -0.2) is 87.8 Å². The Morgan fingerprint density at radius 2 is 1.56 bits per heavy atom. The zero-order valence-corrected chi connectivity index (χ0v) is 25.1. The van der Waals surface area contributed by atoms with Gasteiger partial charge in [0.1, 0.15) is 5.69 Å². The smallest absolute Gasteiger partial charge is 0.294 e. The first-order chi connectivity index (χ1) is 20.6. The van der Waals surface area contributed by atoms with Crippen LogP contribution in [0, 0.1) is 24.0 Å². The molecule has 0 saturated carbocycles. The number of aryl methyl sites for hydroxylation is 1. The van der Waals surface area contributed by atoms with Crippen LogP contribution in [-0.2, 0) is 24.3 Å². The molecule has 3 aliphatic rings. The van der Waals surface area contributed by atoms with Crippen molar-refractivity contribution >= 4 is 44.6 Å². The molecule has 2 aromatic carbocycles. The van der Waals surface area contributed by atoms with Crippen LogP contribution in [0.4, 0.5) is 17.1 Å². The third-order valence-corrected chi connectivity index (χ3v) is 10.2. The number of nitro groups is 1. The largest absolute Gasteiger partial charge is 0.379 e. The van der Waals surface area contributed by atoms with E-state index in [1.807, 2.05) is 35.4 Å². The first-order valence-electron chi connectivity index (χ1n) is 14.1. The van der Waals surface area contributed by atoms with E-state index < -0.39 is 10.0 Å². The molecule has 0 radical (unpaired) electrons. The molecule has 13 heteroatoms. The summed E-state index contributed by atoms with van der Waals surface area (Å²) in [6.45, 7) is 7.23. The number of fused-ring (bicyclic) bond motifs is 1. The van der Waals surface area contributed by atoms with Crippen molar-refractivity contribution in [2.75, 3.05) is 69.5 Å². The molecule has 43 heavy (non-hydrogen) atoms. The van der Waals surface area contributed by atoms with Crippen molar-refractivity contribution in [3.63, 3.8) is 0 Å². The normalized spacial score (nSPS) is 18.9. The van der Waals surface area contributed by atoms with Crippen LogP contribution in [0.5, 0.6) is 0 Å².